The van der Waals surface area contributed by atoms with E-state index in [0.29, 0.717) is 4.13 Å². The Kier molecular flexibility index (Phi) is 5.62. The van der Waals surface area contributed by atoms with Crippen molar-refractivity contribution in [3.8, 4) is 0 Å². The largest absolute Gasteiger partial charge is 0.512 e. The maximum Gasteiger partial charge on any atom is 0.512 e. The summed E-state index contributed by atoms with van der Waals surface area (Å²) in [6.07, 6.45) is 0.292. The average Bonchev–Trinajstić information content (AvgIpc) is 2.36. The molecule has 0 unspecified atom stereocenters. The summed E-state index contributed by atoms with van der Waals surface area (Å²) in [5.74, 6) is -0.691. The van der Waals surface area contributed by atoms with Crippen LogP contribution in [-0.4, -0.2) is 39.7 Å². The number of hydrogen-bond acceptors (Lipinski definition) is 6. The van der Waals surface area contributed by atoms with E-state index in [9.17, 15) is 34.8 Å². The predicted molar refractivity (Wildman–Crippen MR) is 69.4 cm³/mol. The van der Waals surface area contributed by atoms with Crippen molar-refractivity contribution in [2.24, 2.45) is 0 Å². The lowest BCUT2D eigenvalue weighted by atomic mass is 9.97. The summed E-state index contributed by atoms with van der Waals surface area (Å²) >= 11 is 0. The van der Waals surface area contributed by atoms with Crippen LogP contribution in [0.1, 0.15) is 25.7 Å². The number of halogens is 3. The van der Waals surface area contributed by atoms with Crippen molar-refractivity contribution in [1.82, 2.24) is 4.13 Å². The molecule has 0 aromatic rings. The maximum absolute atomic E-state index is 12.2. The van der Waals surface area contributed by atoms with Crippen LogP contribution in [0.4, 0.5) is 13.2 Å². The minimum atomic E-state index is -5.98. The van der Waals surface area contributed by atoms with E-state index in [1.165, 1.54) is 0 Å². The van der Waals surface area contributed by atoms with E-state index in [1.54, 1.807) is 0 Å². The molecule has 1 aliphatic carbocycles. The maximum atomic E-state index is 12.2. The van der Waals surface area contributed by atoms with E-state index in [4.69, 9.17) is 4.74 Å². The Balaban J connectivity index is 2.71. The Bertz CT molecular complexity index is 632. The highest BCUT2D eigenvalue weighted by molar-refractivity contribution is 8.05. The molecule has 0 atom stereocenters. The minimum absolute atomic E-state index is 0.0945. The highest BCUT2D eigenvalue weighted by Crippen LogP contribution is 2.28. The van der Waals surface area contributed by atoms with Crippen LogP contribution in [0.2, 0.25) is 0 Å². The highest BCUT2D eigenvalue weighted by Gasteiger charge is 2.49. The van der Waals surface area contributed by atoms with Crippen molar-refractivity contribution in [2.45, 2.75) is 42.5 Å². The number of hydrogen-bond donors (Lipinski definition) is 1. The van der Waals surface area contributed by atoms with Crippen LogP contribution >= 0.6 is 0 Å². The normalized spacial score (nSPS) is 23.8. The number of carbonyl (C=O) groups excluding carboxylic acids is 1. The fraction of sp³-hybridized carbons (Fsp3) is 0.700. The zero-order chi connectivity index (χ0) is 17.2. The number of ether oxygens (including phenoxy) is 1. The Morgan fingerprint density at radius 2 is 1.64 bits per heavy atom. The van der Waals surface area contributed by atoms with Gasteiger partial charge in [0.25, 0.3) is 0 Å². The van der Waals surface area contributed by atoms with E-state index in [-0.39, 0.29) is 25.7 Å². The molecule has 0 aromatic heterocycles. The molecule has 0 aliphatic heterocycles. The topological polar surface area (TPSA) is 107 Å². The van der Waals surface area contributed by atoms with Gasteiger partial charge in [-0.3, -0.25) is 0 Å². The van der Waals surface area contributed by atoms with Crippen LogP contribution in [0.5, 0.6) is 0 Å². The Hall–Kier alpha value is -1.14. The first-order valence-corrected chi connectivity index (χ1v) is 9.09. The van der Waals surface area contributed by atoms with E-state index >= 15 is 0 Å². The zero-order valence-electron chi connectivity index (χ0n) is 11.2. The minimum Gasteiger partial charge on any atom is -0.459 e. The summed E-state index contributed by atoms with van der Waals surface area (Å²) in [5, 5.41) is -1.30. The van der Waals surface area contributed by atoms with Crippen molar-refractivity contribution >= 4 is 26.0 Å². The van der Waals surface area contributed by atoms with Gasteiger partial charge < -0.3 is 4.74 Å². The van der Waals surface area contributed by atoms with E-state index < -0.39 is 42.9 Å². The fourth-order valence-electron chi connectivity index (χ4n) is 1.94. The average molecular weight is 365 g/mol. The molecule has 1 aliphatic rings. The van der Waals surface area contributed by atoms with Crippen molar-refractivity contribution in [3.63, 3.8) is 0 Å². The van der Waals surface area contributed by atoms with Crippen LogP contribution in [0.25, 0.3) is 0 Å². The summed E-state index contributed by atoms with van der Waals surface area (Å²) in [4.78, 5) is 11.0. The quantitative estimate of drug-likeness (QED) is 0.570. The standard InChI is InChI=1S/C10H14F3NO6S2/c1-2-9(15)20-7-3-5-8(6-4-7)21(16,17)14-22(18,19)10(11,12)13/h2,7-8,14H,1,3-6H2. The SMILES string of the molecule is C=CC(=O)OC1CCC(S(=O)(=O)NS(=O)(=O)C(F)(F)F)CC1. The van der Waals surface area contributed by atoms with Crippen molar-refractivity contribution in [1.29, 1.82) is 0 Å². The van der Waals surface area contributed by atoms with Gasteiger partial charge in [-0.2, -0.15) is 13.2 Å². The van der Waals surface area contributed by atoms with Gasteiger partial charge in [-0.25, -0.2) is 21.6 Å². The number of alkyl halides is 3. The summed E-state index contributed by atoms with van der Waals surface area (Å²) < 4.78 is 87.3. The van der Waals surface area contributed by atoms with Crippen molar-refractivity contribution < 1.29 is 39.5 Å². The second kappa shape index (κ2) is 6.54. The molecule has 1 fully saturated rings. The van der Waals surface area contributed by atoms with E-state index in [0.717, 1.165) is 6.08 Å². The Morgan fingerprint density at radius 3 is 2.05 bits per heavy atom. The highest BCUT2D eigenvalue weighted by atomic mass is 32.3. The molecule has 22 heavy (non-hydrogen) atoms. The van der Waals surface area contributed by atoms with Crippen LogP contribution in [0.3, 0.4) is 0 Å². The van der Waals surface area contributed by atoms with Crippen molar-refractivity contribution in [2.75, 3.05) is 0 Å². The third-order valence-corrected chi connectivity index (χ3v) is 6.81. The van der Waals surface area contributed by atoms with Gasteiger partial charge in [0, 0.05) is 6.08 Å². The second-order valence-electron chi connectivity index (χ2n) is 4.62. The number of nitrogens with one attached hydrogen (secondary N) is 1. The van der Waals surface area contributed by atoms with Gasteiger partial charge in [-0.1, -0.05) is 6.58 Å². The Morgan fingerprint density at radius 1 is 1.14 bits per heavy atom. The molecule has 1 N–H and O–H groups in total. The molecule has 0 spiro atoms. The van der Waals surface area contributed by atoms with Gasteiger partial charge in [-0.05, 0) is 25.7 Å². The van der Waals surface area contributed by atoms with Gasteiger partial charge in [0.1, 0.15) is 6.10 Å². The van der Waals surface area contributed by atoms with E-state index in [2.05, 4.69) is 6.58 Å². The molecule has 12 heteroatoms. The Labute approximate surface area is 125 Å². The monoisotopic (exact) mass is 365 g/mol. The van der Waals surface area contributed by atoms with Gasteiger partial charge in [0.15, 0.2) is 0 Å². The first-order chi connectivity index (χ1) is 9.89. The molecular weight excluding hydrogens is 351 g/mol. The summed E-state index contributed by atoms with van der Waals surface area (Å²) in [7, 11) is -10.7. The molecule has 0 heterocycles. The number of sulfonamides is 2. The van der Waals surface area contributed by atoms with Gasteiger partial charge in [-0.15, -0.1) is 4.13 Å². The molecule has 7 nitrogen and oxygen atoms in total. The van der Waals surface area contributed by atoms with Crippen LogP contribution < -0.4 is 4.13 Å². The molecule has 0 radical (unpaired) electrons. The van der Waals surface area contributed by atoms with Crippen LogP contribution in [-0.2, 0) is 29.6 Å². The first-order valence-electron chi connectivity index (χ1n) is 6.06. The molecule has 0 bridgehead atoms. The number of carbonyl (C=O) groups is 1. The van der Waals surface area contributed by atoms with Gasteiger partial charge >= 0.3 is 21.5 Å². The third kappa shape index (κ3) is 4.68. The fourth-order valence-corrected chi connectivity index (χ4v) is 4.98. The summed E-state index contributed by atoms with van der Waals surface area (Å²) in [6, 6.07) is 0. The van der Waals surface area contributed by atoms with Crippen LogP contribution in [0.15, 0.2) is 12.7 Å². The van der Waals surface area contributed by atoms with Gasteiger partial charge in [0.05, 0.1) is 5.25 Å². The molecule has 0 aromatic carbocycles. The zero-order valence-corrected chi connectivity index (χ0v) is 12.8. The van der Waals surface area contributed by atoms with Crippen LogP contribution in [0, 0.1) is 0 Å². The third-order valence-electron chi connectivity index (χ3n) is 3.04. The van der Waals surface area contributed by atoms with Gasteiger partial charge in [0.2, 0.25) is 10.0 Å². The predicted octanol–water partition coefficient (Wildman–Crippen LogP) is 0.796. The lowest BCUT2D eigenvalue weighted by molar-refractivity contribution is -0.144. The smallest absolute Gasteiger partial charge is 0.459 e. The lowest BCUT2D eigenvalue weighted by Gasteiger charge is -2.27. The second-order valence-corrected chi connectivity index (χ2v) is 8.51. The van der Waals surface area contributed by atoms with E-state index in [1.807, 2.05) is 0 Å². The molecular formula is C10H14F3NO6S2. The number of esters is 1. The molecule has 128 valence electrons. The summed E-state index contributed by atoms with van der Waals surface area (Å²) in [5.41, 5.74) is -5.71. The van der Waals surface area contributed by atoms with Crippen molar-refractivity contribution in [3.05, 3.63) is 12.7 Å². The summed E-state index contributed by atoms with van der Waals surface area (Å²) in [6.45, 7) is 3.19. The molecule has 0 saturated heterocycles. The lowest BCUT2D eigenvalue weighted by Crippen LogP contribution is -2.45. The molecule has 0 amide bonds. The molecule has 1 saturated carbocycles. The first kappa shape index (κ1) is 18.9. The number of rotatable bonds is 5. The molecule has 1 rings (SSSR count).